The average Bonchev–Trinajstić information content (AvgIpc) is 2.31. The van der Waals surface area contributed by atoms with Crippen molar-refractivity contribution in [2.45, 2.75) is 88.0 Å². The third-order valence-electron chi connectivity index (χ3n) is 3.85. The second kappa shape index (κ2) is 10.5. The van der Waals surface area contributed by atoms with Gasteiger partial charge in [-0.15, -0.1) is 0 Å². The van der Waals surface area contributed by atoms with Crippen molar-refractivity contribution in [1.82, 2.24) is 0 Å². The Labute approximate surface area is 122 Å². The maximum atomic E-state index is 12.2. The number of ketones is 1. The fourth-order valence-corrected chi connectivity index (χ4v) is 3.25. The van der Waals surface area contributed by atoms with E-state index in [1.165, 1.54) is 19.3 Å². The van der Waals surface area contributed by atoms with Crippen LogP contribution in [0.5, 0.6) is 0 Å². The highest BCUT2D eigenvalue weighted by Crippen LogP contribution is 2.44. The predicted octanol–water partition coefficient (Wildman–Crippen LogP) is 6.12. The predicted molar refractivity (Wildman–Crippen MR) is 87.4 cm³/mol. The molecule has 0 aromatic carbocycles. The molecule has 1 nitrogen and oxygen atoms in total. The molecule has 1 saturated carbocycles. The Hall–Kier alpha value is -0.330. The molecule has 0 spiro atoms. The first-order chi connectivity index (χ1) is 8.84. The van der Waals surface area contributed by atoms with E-state index in [1.54, 1.807) is 0 Å². The summed E-state index contributed by atoms with van der Waals surface area (Å²) in [6.45, 7) is 19.1. The minimum atomic E-state index is 0.226. The molecule has 0 bridgehead atoms. The Kier molecular flexibility index (Phi) is 11.5. The highest BCUT2D eigenvalue weighted by atomic mass is 16.1. The average molecular weight is 271 g/mol. The lowest BCUT2D eigenvalue weighted by molar-refractivity contribution is -0.131. The van der Waals surface area contributed by atoms with Crippen molar-refractivity contribution in [3.63, 3.8) is 0 Å². The molecule has 1 aliphatic carbocycles. The van der Waals surface area contributed by atoms with Gasteiger partial charge in [-0.25, -0.2) is 0 Å². The summed E-state index contributed by atoms with van der Waals surface area (Å²) in [5.41, 5.74) is 0.226. The van der Waals surface area contributed by atoms with Crippen LogP contribution in [0.1, 0.15) is 88.0 Å². The van der Waals surface area contributed by atoms with E-state index in [0.717, 1.165) is 6.42 Å². The number of rotatable bonds is 3. The summed E-state index contributed by atoms with van der Waals surface area (Å²) < 4.78 is 0. The molecule has 0 amide bonds. The van der Waals surface area contributed by atoms with E-state index in [1.807, 2.05) is 27.7 Å². The molecular weight excluding hydrogens is 232 g/mol. The summed E-state index contributed by atoms with van der Waals surface area (Å²) in [4.78, 5) is 12.2. The molecule has 0 aromatic heterocycles. The maximum Gasteiger partial charge on any atom is 0.137 e. The molecule has 1 heteroatoms. The molecule has 1 rings (SSSR count). The lowest BCUT2D eigenvalue weighted by Crippen LogP contribution is -2.39. The van der Waals surface area contributed by atoms with Gasteiger partial charge in [0.15, 0.2) is 0 Å². The van der Waals surface area contributed by atoms with Gasteiger partial charge >= 0.3 is 0 Å². The highest BCUT2D eigenvalue weighted by molar-refractivity contribution is 5.82. The third-order valence-corrected chi connectivity index (χ3v) is 3.85. The number of carbonyl (C=O) groups is 1. The zero-order chi connectivity index (χ0) is 15.6. The van der Waals surface area contributed by atoms with Crippen LogP contribution in [0.2, 0.25) is 0 Å². The normalized spacial score (nSPS) is 24.7. The van der Waals surface area contributed by atoms with Gasteiger partial charge in [0.25, 0.3) is 0 Å². The Morgan fingerprint density at radius 1 is 1.16 bits per heavy atom. The standard InChI is InChI=1S/C14H26O.2C2H6/c1-10(2)9-12(15)13-11(3)7-6-8-14(13,4)5;2*1-2/h10-11,13H,6-9H2,1-5H3;2*1-2H3/t11-,13?;;/m1../s1. The second-order valence-corrected chi connectivity index (χ2v) is 6.40. The lowest BCUT2D eigenvalue weighted by atomic mass is 9.62. The van der Waals surface area contributed by atoms with Crippen molar-refractivity contribution < 1.29 is 4.79 Å². The van der Waals surface area contributed by atoms with Crippen LogP contribution in [0, 0.1) is 23.2 Å². The van der Waals surface area contributed by atoms with Gasteiger partial charge in [-0.3, -0.25) is 4.79 Å². The topological polar surface area (TPSA) is 17.1 Å². The fraction of sp³-hybridized carbons (Fsp3) is 0.944. The Bertz CT molecular complexity index is 228. The van der Waals surface area contributed by atoms with Crippen LogP contribution < -0.4 is 0 Å². The van der Waals surface area contributed by atoms with E-state index >= 15 is 0 Å². The Morgan fingerprint density at radius 2 is 1.63 bits per heavy atom. The Balaban J connectivity index is 0. The summed E-state index contributed by atoms with van der Waals surface area (Å²) in [5, 5.41) is 0. The molecule has 0 heterocycles. The van der Waals surface area contributed by atoms with Crippen molar-refractivity contribution in [3.8, 4) is 0 Å². The van der Waals surface area contributed by atoms with Crippen LogP contribution in [-0.4, -0.2) is 5.78 Å². The summed E-state index contributed by atoms with van der Waals surface area (Å²) in [6.07, 6.45) is 4.50. The van der Waals surface area contributed by atoms with Crippen LogP contribution in [0.15, 0.2) is 0 Å². The number of hydrogen-bond donors (Lipinski definition) is 0. The first-order valence-corrected chi connectivity index (χ1v) is 8.37. The lowest BCUT2D eigenvalue weighted by Gasteiger charge is -2.42. The van der Waals surface area contributed by atoms with E-state index in [9.17, 15) is 4.79 Å². The molecular formula is C18H38O. The van der Waals surface area contributed by atoms with E-state index < -0.39 is 0 Å². The van der Waals surface area contributed by atoms with Crippen molar-refractivity contribution in [3.05, 3.63) is 0 Å². The number of carbonyl (C=O) groups excluding carboxylic acids is 1. The monoisotopic (exact) mass is 270 g/mol. The molecule has 116 valence electrons. The first-order valence-electron chi connectivity index (χ1n) is 8.37. The first kappa shape index (κ1) is 21.0. The van der Waals surface area contributed by atoms with E-state index in [-0.39, 0.29) is 5.41 Å². The molecule has 1 fully saturated rings. The van der Waals surface area contributed by atoms with Crippen LogP contribution in [0.25, 0.3) is 0 Å². The summed E-state index contributed by atoms with van der Waals surface area (Å²) in [5.74, 6) is 1.89. The number of Topliss-reactive ketones (excluding diaryl/α,β-unsaturated/α-hetero) is 1. The van der Waals surface area contributed by atoms with Gasteiger partial charge in [0.2, 0.25) is 0 Å². The molecule has 2 atom stereocenters. The minimum Gasteiger partial charge on any atom is -0.299 e. The molecule has 1 aliphatic rings. The Morgan fingerprint density at radius 3 is 2.00 bits per heavy atom. The van der Waals surface area contributed by atoms with Gasteiger partial charge in [0.05, 0.1) is 0 Å². The molecule has 19 heavy (non-hydrogen) atoms. The smallest absolute Gasteiger partial charge is 0.137 e. The van der Waals surface area contributed by atoms with Gasteiger partial charge in [-0.2, -0.15) is 0 Å². The maximum absolute atomic E-state index is 12.2. The van der Waals surface area contributed by atoms with Gasteiger partial charge in [-0.05, 0) is 30.1 Å². The van der Waals surface area contributed by atoms with Crippen LogP contribution in [-0.2, 0) is 4.79 Å². The molecule has 0 aromatic rings. The van der Waals surface area contributed by atoms with E-state index in [2.05, 4.69) is 34.6 Å². The van der Waals surface area contributed by atoms with Gasteiger partial charge in [-0.1, -0.05) is 68.7 Å². The van der Waals surface area contributed by atoms with Crippen LogP contribution in [0.4, 0.5) is 0 Å². The molecule has 0 aliphatic heterocycles. The second-order valence-electron chi connectivity index (χ2n) is 6.40. The summed E-state index contributed by atoms with van der Waals surface area (Å²) in [7, 11) is 0. The van der Waals surface area contributed by atoms with Crippen molar-refractivity contribution in [1.29, 1.82) is 0 Å². The summed E-state index contributed by atoms with van der Waals surface area (Å²) in [6, 6.07) is 0. The van der Waals surface area contributed by atoms with Crippen molar-refractivity contribution in [2.24, 2.45) is 23.2 Å². The zero-order valence-electron chi connectivity index (χ0n) is 15.0. The largest absolute Gasteiger partial charge is 0.299 e. The van der Waals surface area contributed by atoms with Crippen molar-refractivity contribution >= 4 is 5.78 Å². The molecule has 0 saturated heterocycles. The SMILES string of the molecule is CC.CC.CC(C)CC(=O)C1[C@H](C)CCCC1(C)C. The van der Waals surface area contributed by atoms with E-state index in [4.69, 9.17) is 0 Å². The van der Waals surface area contributed by atoms with Crippen LogP contribution >= 0.6 is 0 Å². The zero-order valence-corrected chi connectivity index (χ0v) is 15.0. The minimum absolute atomic E-state index is 0.226. The van der Waals surface area contributed by atoms with Crippen molar-refractivity contribution in [2.75, 3.05) is 0 Å². The molecule has 1 unspecified atom stereocenters. The number of hydrogen-bond acceptors (Lipinski definition) is 1. The van der Waals surface area contributed by atoms with Crippen LogP contribution in [0.3, 0.4) is 0 Å². The molecule has 0 radical (unpaired) electrons. The van der Waals surface area contributed by atoms with Gasteiger partial charge in [0.1, 0.15) is 5.78 Å². The van der Waals surface area contributed by atoms with Gasteiger partial charge in [0, 0.05) is 12.3 Å². The quantitative estimate of drug-likeness (QED) is 0.604. The van der Waals surface area contributed by atoms with E-state index in [0.29, 0.717) is 23.5 Å². The molecule has 0 N–H and O–H groups in total. The van der Waals surface area contributed by atoms with Gasteiger partial charge < -0.3 is 0 Å². The summed E-state index contributed by atoms with van der Waals surface area (Å²) >= 11 is 0. The highest BCUT2D eigenvalue weighted by Gasteiger charge is 2.40. The fourth-order valence-electron chi connectivity index (χ4n) is 3.25. The third kappa shape index (κ3) is 7.13.